The van der Waals surface area contributed by atoms with Gasteiger partial charge in [0.05, 0.1) is 10.2 Å². The molecular weight excluding hydrogens is 324 g/mol. The van der Waals surface area contributed by atoms with Gasteiger partial charge in [0.25, 0.3) is 0 Å². The van der Waals surface area contributed by atoms with E-state index in [0.29, 0.717) is 0 Å². The zero-order valence-electron chi connectivity index (χ0n) is 9.55. The van der Waals surface area contributed by atoms with Crippen LogP contribution in [0.15, 0.2) is 0 Å². The van der Waals surface area contributed by atoms with Gasteiger partial charge < -0.3 is 90.9 Å². The van der Waals surface area contributed by atoms with Gasteiger partial charge in [0, 0.05) is 0 Å². The van der Waals surface area contributed by atoms with E-state index < -0.39 is 10.2 Å². The maximum absolute atomic E-state index is 8.25. The Hall–Kier alpha value is -1.27. The molecule has 22 N–H and O–H groups in total. The molecule has 20 heavy (non-hydrogen) atoms. The maximum atomic E-state index is 8.25. The Morgan fingerprint density at radius 3 is 0.400 bits per heavy atom. The summed E-state index contributed by atoms with van der Waals surface area (Å²) in [6, 6.07) is 0. The van der Waals surface area contributed by atoms with E-state index in [1.54, 1.807) is 0 Å². The Morgan fingerprint density at radius 1 is 0.400 bits per heavy atom. The first-order chi connectivity index (χ1) is 3.46. The smallest absolute Gasteiger partial charge is 0.412 e. The van der Waals surface area contributed by atoms with E-state index >= 15 is 0 Å². The van der Waals surface area contributed by atoms with Crippen LogP contribution in [0.4, 0.5) is 0 Å². The summed E-state index contributed by atoms with van der Waals surface area (Å²) in [5, 5.41) is 29.5. The molecule has 0 amide bonds. The average molecular weight is 346 g/mol. The van der Waals surface area contributed by atoms with Crippen LogP contribution >= 0.6 is 0 Å². The predicted octanol–water partition coefficient (Wildman–Crippen LogP) is -9.93. The Bertz CT molecular complexity index is 73.0. The van der Waals surface area contributed by atoms with Crippen LogP contribution in [0, 0.1) is 30.6 Å². The molecule has 0 aliphatic rings. The summed E-state index contributed by atoms with van der Waals surface area (Å²) in [4.78, 5) is 16.5. The summed E-state index contributed by atoms with van der Waals surface area (Å²) in [5.74, 6) is 0. The van der Waals surface area contributed by atoms with Crippen LogP contribution in [-0.4, -0.2) is 93.5 Å². The van der Waals surface area contributed by atoms with Crippen LogP contribution in [0.25, 0.3) is 0 Å². The Labute approximate surface area is 125 Å². The monoisotopic (exact) mass is 346 g/mol. The Kier molecular flexibility index (Phi) is 2920. The molecule has 0 aliphatic heterocycles. The van der Waals surface area contributed by atoms with Crippen LogP contribution in [0.1, 0.15) is 0 Å². The van der Waals surface area contributed by atoms with E-state index in [2.05, 4.69) is 0 Å². The quantitative estimate of drug-likeness (QED) is 0.232. The van der Waals surface area contributed by atoms with Crippen molar-refractivity contribution >= 4 is 23.1 Å². The summed E-state index contributed by atoms with van der Waals surface area (Å²) < 4.78 is 0. The second kappa shape index (κ2) is 222. The van der Waals surface area contributed by atoms with Crippen LogP contribution < -0.4 is 0 Å². The van der Waals surface area contributed by atoms with Crippen LogP contribution in [0.5, 0.6) is 0 Å². The molecule has 0 unspecified atom stereocenters. The minimum Gasteiger partial charge on any atom is -0.412 e. The van der Waals surface area contributed by atoms with E-state index in [1.165, 1.54) is 0 Å². The van der Waals surface area contributed by atoms with Crippen molar-refractivity contribution in [2.45, 2.75) is 0 Å². The van der Waals surface area contributed by atoms with Crippen LogP contribution in [0.3, 0.4) is 0 Å². The van der Waals surface area contributed by atoms with Crippen LogP contribution in [0.2, 0.25) is 0 Å². The molecule has 20 heteroatoms. The standard InChI is InChI=1S/Mg.2NO3.11H2O/c;2*2-1(3)4;;;;;;;;;;;/h;;;11*1H2/q+2;2*-1;;;;;;;;;;;. The van der Waals surface area contributed by atoms with Gasteiger partial charge in [-0.05, 0) is 0 Å². The normalized spacial score (nSPS) is 2.40. The first kappa shape index (κ1) is 263. The fourth-order valence-corrected chi connectivity index (χ4v) is 0. The fourth-order valence-electron chi connectivity index (χ4n) is 0. The third-order valence-corrected chi connectivity index (χ3v) is 0. The molecule has 0 radical (unpaired) electrons. The summed E-state index contributed by atoms with van der Waals surface area (Å²) in [6.45, 7) is 0. The molecule has 0 aliphatic carbocycles. The van der Waals surface area contributed by atoms with Gasteiger partial charge in [0.1, 0.15) is 0 Å². The number of hydrogen-bond donors (Lipinski definition) is 0. The van der Waals surface area contributed by atoms with E-state index in [0.717, 1.165) is 0 Å². The molecule has 0 bridgehead atoms. The molecule has 0 rings (SSSR count). The fraction of sp³-hybridized carbons (Fsp3) is 0. The van der Waals surface area contributed by atoms with Crippen molar-refractivity contribution < 1.29 is 70.4 Å². The summed E-state index contributed by atoms with van der Waals surface area (Å²) in [7, 11) is 0. The largest absolute Gasteiger partial charge is 2.00 e. The SMILES string of the molecule is O.O.O.O.O.O.O.O.O.O.O.O=[N+]([O-])[O-].O=[N+]([O-])[O-].[Mg+2]. The zero-order chi connectivity index (χ0) is 7.15. The molecule has 19 nitrogen and oxygen atoms in total. The molecule has 0 fully saturated rings. The maximum Gasteiger partial charge on any atom is 2.00 e. The van der Waals surface area contributed by atoms with Gasteiger partial charge in [0.15, 0.2) is 0 Å². The van der Waals surface area contributed by atoms with Gasteiger partial charge in [-0.15, -0.1) is 0 Å². The van der Waals surface area contributed by atoms with Gasteiger partial charge in [-0.25, -0.2) is 0 Å². The molecule has 0 aromatic rings. The van der Waals surface area contributed by atoms with E-state index in [9.17, 15) is 0 Å². The topological polar surface area (TPSA) is 479 Å². The summed E-state index contributed by atoms with van der Waals surface area (Å²) in [6.07, 6.45) is 0. The van der Waals surface area contributed by atoms with Gasteiger partial charge in [-0.3, -0.25) is 0 Å². The molecule has 0 spiro atoms. The second-order valence-corrected chi connectivity index (χ2v) is 0.447. The Morgan fingerprint density at radius 2 is 0.400 bits per heavy atom. The number of hydrogen-bond acceptors (Lipinski definition) is 6. The third-order valence-electron chi connectivity index (χ3n) is 0. The molecular formula is H22MgN2O17. The number of nitrogens with zero attached hydrogens (tertiary/aromatic N) is 2. The van der Waals surface area contributed by atoms with Crippen molar-refractivity contribution in [3.05, 3.63) is 30.6 Å². The van der Waals surface area contributed by atoms with Crippen molar-refractivity contribution in [1.29, 1.82) is 0 Å². The molecule has 0 saturated carbocycles. The summed E-state index contributed by atoms with van der Waals surface area (Å²) in [5.41, 5.74) is 0. The molecule has 0 heterocycles. The summed E-state index contributed by atoms with van der Waals surface area (Å²) >= 11 is 0. The first-order valence-electron chi connectivity index (χ1n) is 1.10. The van der Waals surface area contributed by atoms with Gasteiger partial charge in [-0.2, -0.15) is 0 Å². The molecule has 136 valence electrons. The van der Waals surface area contributed by atoms with Crippen molar-refractivity contribution in [3.8, 4) is 0 Å². The molecule has 0 saturated heterocycles. The van der Waals surface area contributed by atoms with Gasteiger partial charge in [-0.1, -0.05) is 0 Å². The molecule has 0 aromatic heterocycles. The average Bonchev–Trinajstić information content (AvgIpc) is 1.25. The van der Waals surface area contributed by atoms with Crippen LogP contribution in [-0.2, 0) is 0 Å². The minimum atomic E-state index is -1.75. The third kappa shape index (κ3) is 2550. The van der Waals surface area contributed by atoms with Gasteiger partial charge >= 0.3 is 23.1 Å². The van der Waals surface area contributed by atoms with E-state index in [-0.39, 0.29) is 83.3 Å². The van der Waals surface area contributed by atoms with Crippen molar-refractivity contribution in [2.75, 3.05) is 0 Å². The van der Waals surface area contributed by atoms with Crippen molar-refractivity contribution in [1.82, 2.24) is 0 Å². The van der Waals surface area contributed by atoms with E-state index in [4.69, 9.17) is 30.6 Å². The molecule has 0 atom stereocenters. The van der Waals surface area contributed by atoms with E-state index in [1.807, 2.05) is 0 Å². The molecule has 0 aromatic carbocycles. The Balaban J connectivity index is -0.00000000187. The predicted molar refractivity (Wildman–Crippen MR) is 66.2 cm³/mol. The van der Waals surface area contributed by atoms with Crippen molar-refractivity contribution in [2.24, 2.45) is 0 Å². The van der Waals surface area contributed by atoms with Crippen molar-refractivity contribution in [3.63, 3.8) is 0 Å². The van der Waals surface area contributed by atoms with Gasteiger partial charge in [0.2, 0.25) is 0 Å². The minimum absolute atomic E-state index is 0. The number of rotatable bonds is 0. The zero-order valence-corrected chi connectivity index (χ0v) is 11.0. The first-order valence-corrected chi connectivity index (χ1v) is 1.10. The second-order valence-electron chi connectivity index (χ2n) is 0.447.